The minimum Gasteiger partial charge on any atom is -0.406 e. The largest absolute Gasteiger partial charge is 0.573 e. The van der Waals surface area contributed by atoms with Crippen molar-refractivity contribution in [1.82, 2.24) is 0 Å². The molecule has 0 amide bonds. The van der Waals surface area contributed by atoms with Crippen LogP contribution in [0.3, 0.4) is 0 Å². The van der Waals surface area contributed by atoms with E-state index in [9.17, 15) is 43.2 Å². The highest BCUT2D eigenvalue weighted by Gasteiger charge is 2.32. The average Bonchev–Trinajstić information content (AvgIpc) is 2.90. The topological polar surface area (TPSA) is 102 Å². The summed E-state index contributed by atoms with van der Waals surface area (Å²) in [6.45, 7) is 0. The number of halogens is 8. The van der Waals surface area contributed by atoms with Crippen molar-refractivity contribution in [3.05, 3.63) is 101 Å². The highest BCUT2D eigenvalue weighted by molar-refractivity contribution is 7.93. The fourth-order valence-electron chi connectivity index (χ4n) is 3.68. The number of hydrogen-bond acceptors (Lipinski definition) is 5. The minimum atomic E-state index is -5.02. The van der Waals surface area contributed by atoms with Gasteiger partial charge < -0.3 is 4.74 Å². The molecule has 0 radical (unpaired) electrons. The maximum Gasteiger partial charge on any atom is 0.573 e. The van der Waals surface area contributed by atoms with E-state index in [1.54, 1.807) is 6.07 Å². The van der Waals surface area contributed by atoms with Gasteiger partial charge in [0.2, 0.25) is 0 Å². The maximum absolute atomic E-state index is 13.2. The minimum absolute atomic E-state index is 0.0792. The molecule has 4 rings (SSSR count). The van der Waals surface area contributed by atoms with Crippen molar-refractivity contribution in [2.24, 2.45) is 0 Å². The van der Waals surface area contributed by atoms with Gasteiger partial charge in [0.1, 0.15) is 5.75 Å². The van der Waals surface area contributed by atoms with Crippen molar-refractivity contribution in [2.45, 2.75) is 22.3 Å². The van der Waals surface area contributed by atoms with Crippen molar-refractivity contribution in [2.75, 3.05) is 9.44 Å². The molecule has 0 spiro atoms. The predicted octanol–water partition coefficient (Wildman–Crippen LogP) is 8.18. The monoisotopic (exact) mass is 684 g/mol. The van der Waals surface area contributed by atoms with Gasteiger partial charge in [-0.25, -0.2) is 16.8 Å². The van der Waals surface area contributed by atoms with Crippen LogP contribution in [0.4, 0.5) is 37.7 Å². The van der Waals surface area contributed by atoms with E-state index in [0.717, 1.165) is 42.5 Å². The molecule has 0 aromatic heterocycles. The Hall–Kier alpha value is -3.66. The quantitative estimate of drug-likeness (QED) is 0.182. The van der Waals surface area contributed by atoms with Crippen LogP contribution in [0.1, 0.15) is 5.56 Å². The van der Waals surface area contributed by atoms with Gasteiger partial charge in [0.15, 0.2) is 0 Å². The molecule has 7 nitrogen and oxygen atoms in total. The Morgan fingerprint density at radius 1 is 0.651 bits per heavy atom. The summed E-state index contributed by atoms with van der Waals surface area (Å²) in [5.41, 5.74) is -1.48. The molecule has 0 fully saturated rings. The van der Waals surface area contributed by atoms with Gasteiger partial charge in [-0.3, -0.25) is 9.44 Å². The number of nitrogens with one attached hydrogen (secondary N) is 2. The maximum atomic E-state index is 13.2. The number of alkyl halides is 6. The lowest BCUT2D eigenvalue weighted by Crippen LogP contribution is -2.19. The van der Waals surface area contributed by atoms with Gasteiger partial charge in [-0.15, -0.1) is 13.2 Å². The molecule has 0 bridgehead atoms. The lowest BCUT2D eigenvalue weighted by atomic mass is 10.0. The fraction of sp³-hybridized carbons (Fsp3) is 0.0769. The molecule has 43 heavy (non-hydrogen) atoms. The van der Waals surface area contributed by atoms with E-state index in [1.807, 2.05) is 0 Å². The van der Waals surface area contributed by atoms with Gasteiger partial charge in [0.25, 0.3) is 20.0 Å². The van der Waals surface area contributed by atoms with Gasteiger partial charge in [-0.2, -0.15) is 13.2 Å². The second-order valence-corrected chi connectivity index (χ2v) is 12.8. The van der Waals surface area contributed by atoms with Crippen molar-refractivity contribution in [3.63, 3.8) is 0 Å². The number of benzene rings is 4. The molecule has 2 N–H and O–H groups in total. The van der Waals surface area contributed by atoms with Gasteiger partial charge in [0.05, 0.1) is 36.8 Å². The van der Waals surface area contributed by atoms with E-state index in [2.05, 4.69) is 14.2 Å². The van der Waals surface area contributed by atoms with Crippen LogP contribution in [0.5, 0.6) is 5.75 Å². The molecule has 0 saturated carbocycles. The predicted molar refractivity (Wildman–Crippen MR) is 148 cm³/mol. The fourth-order valence-corrected chi connectivity index (χ4v) is 6.28. The zero-order chi connectivity index (χ0) is 31.8. The third-order valence-corrected chi connectivity index (χ3v) is 9.17. The van der Waals surface area contributed by atoms with Crippen LogP contribution < -0.4 is 14.2 Å². The molecule has 4 aromatic rings. The third kappa shape index (κ3) is 7.84. The smallest absolute Gasteiger partial charge is 0.406 e. The Balaban J connectivity index is 1.77. The van der Waals surface area contributed by atoms with Crippen LogP contribution >= 0.6 is 23.2 Å². The highest BCUT2D eigenvalue weighted by Crippen LogP contribution is 2.38. The van der Waals surface area contributed by atoms with Crippen LogP contribution in [0.2, 0.25) is 10.0 Å². The van der Waals surface area contributed by atoms with Gasteiger partial charge in [-0.05, 0) is 66.2 Å². The van der Waals surface area contributed by atoms with Crippen molar-refractivity contribution < 1.29 is 47.9 Å². The van der Waals surface area contributed by atoms with E-state index >= 15 is 0 Å². The van der Waals surface area contributed by atoms with E-state index < -0.39 is 65.1 Å². The van der Waals surface area contributed by atoms with E-state index in [0.29, 0.717) is 17.7 Å². The summed E-state index contributed by atoms with van der Waals surface area (Å²) >= 11 is 12.4. The van der Waals surface area contributed by atoms with Crippen LogP contribution in [-0.2, 0) is 26.2 Å². The number of ether oxygens (including phenoxy) is 1. The normalized spacial score (nSPS) is 12.6. The molecule has 4 aromatic carbocycles. The zero-order valence-electron chi connectivity index (χ0n) is 21.0. The first-order valence-electron chi connectivity index (χ1n) is 11.5. The Morgan fingerprint density at radius 2 is 1.26 bits per heavy atom. The van der Waals surface area contributed by atoms with Crippen molar-refractivity contribution in [1.29, 1.82) is 0 Å². The molecular formula is C26H16Cl2F6N2O5S2. The zero-order valence-corrected chi connectivity index (χ0v) is 24.1. The highest BCUT2D eigenvalue weighted by atomic mass is 35.5. The summed E-state index contributed by atoms with van der Waals surface area (Å²) in [6.07, 6.45) is -9.86. The Bertz CT molecular complexity index is 1880. The SMILES string of the molecule is O=S(=O)(Nc1ccc(-c2cccc(Cl)c2Cl)cc1NS(=O)(=O)c1ccc(OC(F)(F)F)cc1)c1cccc(C(F)(F)F)c1. The van der Waals surface area contributed by atoms with Crippen LogP contribution in [0.25, 0.3) is 11.1 Å². The first kappa shape index (κ1) is 32.3. The number of sulfonamides is 2. The summed E-state index contributed by atoms with van der Waals surface area (Å²) in [5.74, 6) is -0.696. The average molecular weight is 685 g/mol. The first-order valence-corrected chi connectivity index (χ1v) is 15.3. The summed E-state index contributed by atoms with van der Waals surface area (Å²) in [4.78, 5) is -1.29. The number of rotatable bonds is 8. The van der Waals surface area contributed by atoms with Gasteiger partial charge in [0, 0.05) is 5.56 Å². The van der Waals surface area contributed by atoms with Gasteiger partial charge in [-0.1, -0.05) is 47.5 Å². The molecule has 0 unspecified atom stereocenters. The van der Waals surface area contributed by atoms with Gasteiger partial charge >= 0.3 is 12.5 Å². The van der Waals surface area contributed by atoms with Crippen LogP contribution in [0, 0.1) is 0 Å². The van der Waals surface area contributed by atoms with Crippen LogP contribution in [-0.4, -0.2) is 23.2 Å². The lowest BCUT2D eigenvalue weighted by Gasteiger charge is -2.17. The standard InChI is InChI=1S/C26H16Cl2F6N2O5S2/c27-21-6-2-5-20(24(21)28)15-7-12-22(35-43(39,40)19-4-1-3-16(14-19)25(29,30)31)23(13-15)36-42(37,38)18-10-8-17(9-11-18)41-26(32,33)34/h1-14,35-36H. The Kier molecular flexibility index (Phi) is 8.84. The third-order valence-electron chi connectivity index (χ3n) is 5.61. The first-order chi connectivity index (χ1) is 19.9. The van der Waals surface area contributed by atoms with E-state index in [1.165, 1.54) is 24.3 Å². The van der Waals surface area contributed by atoms with E-state index in [-0.39, 0.29) is 15.6 Å². The molecule has 17 heteroatoms. The summed E-state index contributed by atoms with van der Waals surface area (Å²) in [5, 5.41) is 0.229. The lowest BCUT2D eigenvalue weighted by molar-refractivity contribution is -0.274. The molecular weight excluding hydrogens is 669 g/mol. The second-order valence-electron chi connectivity index (χ2n) is 8.62. The molecule has 0 atom stereocenters. The summed E-state index contributed by atoms with van der Waals surface area (Å²) in [6, 6.07) is 14.2. The van der Waals surface area contributed by atoms with Crippen LogP contribution in [0.15, 0.2) is 94.7 Å². The summed E-state index contributed by atoms with van der Waals surface area (Å²) in [7, 11) is -9.30. The molecule has 228 valence electrons. The Morgan fingerprint density at radius 3 is 1.88 bits per heavy atom. The molecule has 0 saturated heterocycles. The van der Waals surface area contributed by atoms with E-state index in [4.69, 9.17) is 23.2 Å². The number of anilines is 2. The van der Waals surface area contributed by atoms with Crippen molar-refractivity contribution in [3.8, 4) is 16.9 Å². The molecule has 0 heterocycles. The Labute approximate surface area is 251 Å². The molecule has 0 aliphatic carbocycles. The second kappa shape index (κ2) is 11.8. The molecule has 0 aliphatic heterocycles. The number of hydrogen-bond donors (Lipinski definition) is 2. The van der Waals surface area contributed by atoms with Crippen molar-refractivity contribution >= 4 is 54.6 Å². The summed E-state index contributed by atoms with van der Waals surface area (Å²) < 4.78 is 138. The molecule has 0 aliphatic rings.